The van der Waals surface area contributed by atoms with E-state index in [4.69, 9.17) is 4.74 Å². The smallest absolute Gasteiger partial charge is 0.268 e. The van der Waals surface area contributed by atoms with Crippen LogP contribution in [0.25, 0.3) is 10.8 Å². The lowest BCUT2D eigenvalue weighted by molar-refractivity contribution is -0.125. The van der Waals surface area contributed by atoms with Crippen LogP contribution in [0.3, 0.4) is 0 Å². The van der Waals surface area contributed by atoms with Crippen molar-refractivity contribution in [3.05, 3.63) is 66.2 Å². The van der Waals surface area contributed by atoms with E-state index in [1.165, 1.54) is 18.4 Å². The number of nitrogens with zero attached hydrogens (tertiary/aromatic N) is 2. The van der Waals surface area contributed by atoms with Crippen molar-refractivity contribution < 1.29 is 17.9 Å². The Morgan fingerprint density at radius 3 is 2.52 bits per heavy atom. The summed E-state index contributed by atoms with van der Waals surface area (Å²) in [6, 6.07) is 18.8. The number of benzene rings is 3. The molecule has 162 valence electrons. The molecule has 1 heterocycles. The summed E-state index contributed by atoms with van der Waals surface area (Å²) in [5, 5.41) is 2.18. The van der Waals surface area contributed by atoms with Gasteiger partial charge in [-0.25, -0.2) is 12.7 Å². The number of carbonyl (C=O) groups excluding carboxylic acids is 1. The molecule has 0 saturated heterocycles. The third-order valence-electron chi connectivity index (χ3n) is 5.64. The minimum absolute atomic E-state index is 0.113. The minimum atomic E-state index is -3.51. The fourth-order valence-electron chi connectivity index (χ4n) is 3.87. The van der Waals surface area contributed by atoms with Gasteiger partial charge in [0.1, 0.15) is 5.75 Å². The number of fused-ring (bicyclic) bond motifs is 2. The molecule has 0 fully saturated rings. The number of carbonyl (C=O) groups is 1. The average molecular weight is 439 g/mol. The Morgan fingerprint density at radius 1 is 1.06 bits per heavy atom. The van der Waals surface area contributed by atoms with Gasteiger partial charge in [-0.1, -0.05) is 37.3 Å². The fourth-order valence-corrected chi connectivity index (χ4v) is 4.82. The monoisotopic (exact) mass is 438 g/mol. The van der Waals surface area contributed by atoms with Crippen molar-refractivity contribution in [2.75, 3.05) is 25.5 Å². The van der Waals surface area contributed by atoms with Crippen molar-refractivity contribution in [1.82, 2.24) is 4.31 Å². The number of hydrogen-bond donors (Lipinski definition) is 0. The van der Waals surface area contributed by atoms with Gasteiger partial charge < -0.3 is 9.64 Å². The molecule has 4 rings (SSSR count). The van der Waals surface area contributed by atoms with Crippen molar-refractivity contribution in [2.24, 2.45) is 0 Å². The highest BCUT2D eigenvalue weighted by Crippen LogP contribution is 2.32. The van der Waals surface area contributed by atoms with Crippen LogP contribution in [0.4, 0.5) is 5.69 Å². The lowest BCUT2D eigenvalue weighted by Crippen LogP contribution is -2.41. The summed E-state index contributed by atoms with van der Waals surface area (Å²) in [5.41, 5.74) is 1.61. The van der Waals surface area contributed by atoms with Crippen molar-refractivity contribution in [2.45, 2.75) is 30.8 Å². The summed E-state index contributed by atoms with van der Waals surface area (Å²) < 4.78 is 32.1. The van der Waals surface area contributed by atoms with Gasteiger partial charge in [0.2, 0.25) is 10.0 Å². The number of hydrogen-bond acceptors (Lipinski definition) is 4. The fraction of sp³-hybridized carbons (Fsp3) is 0.292. The van der Waals surface area contributed by atoms with Gasteiger partial charge in [0.25, 0.3) is 5.91 Å². The second-order valence-corrected chi connectivity index (χ2v) is 9.99. The van der Waals surface area contributed by atoms with Crippen LogP contribution >= 0.6 is 0 Å². The van der Waals surface area contributed by atoms with Gasteiger partial charge in [0, 0.05) is 26.3 Å². The van der Waals surface area contributed by atoms with E-state index in [0.29, 0.717) is 25.1 Å². The van der Waals surface area contributed by atoms with Crippen molar-refractivity contribution in [3.8, 4) is 5.75 Å². The molecule has 31 heavy (non-hydrogen) atoms. The molecular formula is C24H26N2O4S. The lowest BCUT2D eigenvalue weighted by Gasteiger charge is -2.24. The Bertz CT molecular complexity index is 1240. The molecule has 0 spiro atoms. The SMILES string of the molecule is CC[C@H](Oc1ccc2ccccc2c1)C(=O)N1CCc2cc(S(=O)(=O)N(C)C)ccc21. The minimum Gasteiger partial charge on any atom is -0.481 e. The standard InChI is InChI=1S/C24H26N2O4S/c1-4-23(30-20-10-9-17-7-5-6-8-18(17)15-20)24(27)26-14-13-19-16-21(11-12-22(19)26)31(28,29)25(2)3/h5-12,15-16,23H,4,13-14H2,1-3H3/t23-/m0/s1. The van der Waals surface area contributed by atoms with Gasteiger partial charge >= 0.3 is 0 Å². The molecule has 1 atom stereocenters. The van der Waals surface area contributed by atoms with E-state index >= 15 is 0 Å². The van der Waals surface area contributed by atoms with Crippen LogP contribution in [0.5, 0.6) is 5.75 Å². The maximum absolute atomic E-state index is 13.3. The topological polar surface area (TPSA) is 66.9 Å². The first-order valence-corrected chi connectivity index (χ1v) is 11.8. The average Bonchev–Trinajstić information content (AvgIpc) is 3.20. The van der Waals surface area contributed by atoms with E-state index in [1.54, 1.807) is 23.1 Å². The quantitative estimate of drug-likeness (QED) is 0.587. The van der Waals surface area contributed by atoms with Crippen LogP contribution in [0.15, 0.2) is 65.6 Å². The molecule has 0 unspecified atom stereocenters. The number of sulfonamides is 1. The second-order valence-electron chi connectivity index (χ2n) is 7.84. The molecule has 0 aromatic heterocycles. The van der Waals surface area contributed by atoms with Crippen LogP contribution in [0.1, 0.15) is 18.9 Å². The molecule has 0 N–H and O–H groups in total. The van der Waals surface area contributed by atoms with Gasteiger partial charge in [-0.2, -0.15) is 0 Å². The van der Waals surface area contributed by atoms with E-state index in [2.05, 4.69) is 0 Å². The van der Waals surface area contributed by atoms with E-state index < -0.39 is 16.1 Å². The van der Waals surface area contributed by atoms with Crippen LogP contribution in [-0.2, 0) is 21.2 Å². The zero-order valence-electron chi connectivity index (χ0n) is 17.9. The summed E-state index contributed by atoms with van der Waals surface area (Å²) in [7, 11) is -0.494. The highest BCUT2D eigenvalue weighted by molar-refractivity contribution is 7.89. The highest BCUT2D eigenvalue weighted by Gasteiger charge is 2.32. The van der Waals surface area contributed by atoms with Gasteiger partial charge in [-0.15, -0.1) is 0 Å². The van der Waals surface area contributed by atoms with E-state index in [9.17, 15) is 13.2 Å². The van der Waals surface area contributed by atoms with Crippen LogP contribution in [0, 0.1) is 0 Å². The second kappa shape index (κ2) is 8.32. The highest BCUT2D eigenvalue weighted by atomic mass is 32.2. The summed E-state index contributed by atoms with van der Waals surface area (Å²) in [6.45, 7) is 2.44. The molecule has 1 amide bonds. The maximum atomic E-state index is 13.3. The Balaban J connectivity index is 1.56. The third-order valence-corrected chi connectivity index (χ3v) is 7.45. The summed E-state index contributed by atoms with van der Waals surface area (Å²) in [6.07, 6.45) is 0.534. The van der Waals surface area contributed by atoms with Gasteiger partial charge in [-0.05, 0) is 59.5 Å². The Labute approximate surface area is 183 Å². The molecule has 0 bridgehead atoms. The molecule has 6 nitrogen and oxygen atoms in total. The first kappa shape index (κ1) is 21.3. The molecule has 3 aromatic rings. The molecule has 1 aliphatic heterocycles. The maximum Gasteiger partial charge on any atom is 0.268 e. The van der Waals surface area contributed by atoms with Crippen LogP contribution < -0.4 is 9.64 Å². The molecule has 1 aliphatic rings. The predicted octanol–water partition coefficient (Wildman–Crippen LogP) is 3.84. The third kappa shape index (κ3) is 4.03. The van der Waals surface area contributed by atoms with Gasteiger partial charge in [-0.3, -0.25) is 4.79 Å². The van der Waals surface area contributed by atoms with Gasteiger partial charge in [0.05, 0.1) is 4.90 Å². The van der Waals surface area contributed by atoms with Crippen molar-refractivity contribution in [3.63, 3.8) is 0 Å². The Hall–Kier alpha value is -2.90. The van der Waals surface area contributed by atoms with E-state index in [0.717, 1.165) is 22.0 Å². The molecule has 7 heteroatoms. The van der Waals surface area contributed by atoms with Gasteiger partial charge in [0.15, 0.2) is 6.10 Å². The molecular weight excluding hydrogens is 412 g/mol. The predicted molar refractivity (Wildman–Crippen MR) is 122 cm³/mol. The van der Waals surface area contributed by atoms with Crippen molar-refractivity contribution in [1.29, 1.82) is 0 Å². The first-order valence-electron chi connectivity index (χ1n) is 10.3. The largest absolute Gasteiger partial charge is 0.481 e. The van der Waals surface area contributed by atoms with E-state index in [-0.39, 0.29) is 10.8 Å². The van der Waals surface area contributed by atoms with Crippen LogP contribution in [0.2, 0.25) is 0 Å². The van der Waals surface area contributed by atoms with E-state index in [1.807, 2.05) is 49.4 Å². The number of rotatable bonds is 6. The van der Waals surface area contributed by atoms with Crippen molar-refractivity contribution >= 4 is 32.4 Å². The summed E-state index contributed by atoms with van der Waals surface area (Å²) >= 11 is 0. The first-order chi connectivity index (χ1) is 14.8. The normalized spacial score (nSPS) is 14.6. The zero-order valence-corrected chi connectivity index (χ0v) is 18.7. The Morgan fingerprint density at radius 2 is 1.81 bits per heavy atom. The molecule has 0 aliphatic carbocycles. The number of ether oxygens (including phenoxy) is 1. The molecule has 0 saturated carbocycles. The molecule has 3 aromatic carbocycles. The summed E-state index contributed by atoms with van der Waals surface area (Å²) in [5.74, 6) is 0.545. The number of amides is 1. The van der Waals surface area contributed by atoms with Crippen LogP contribution in [-0.4, -0.2) is 45.4 Å². The number of anilines is 1. The Kier molecular flexibility index (Phi) is 5.73. The zero-order chi connectivity index (χ0) is 22.2. The molecule has 0 radical (unpaired) electrons. The lowest BCUT2D eigenvalue weighted by atomic mass is 10.1. The summed E-state index contributed by atoms with van der Waals surface area (Å²) in [4.78, 5) is 15.2.